The fourth-order valence-corrected chi connectivity index (χ4v) is 1.84. The Morgan fingerprint density at radius 2 is 1.91 bits per heavy atom. The van der Waals surface area contributed by atoms with Crippen molar-refractivity contribution >= 4 is 0 Å². The smallest absolute Gasteiger partial charge is 0.0414 e. The van der Waals surface area contributed by atoms with Gasteiger partial charge in [0.1, 0.15) is 0 Å². The molecule has 11 heavy (non-hydrogen) atoms. The highest BCUT2D eigenvalue weighted by molar-refractivity contribution is 4.74. The lowest BCUT2D eigenvalue weighted by molar-refractivity contribution is 0.408. The second kappa shape index (κ2) is 4.79. The lowest BCUT2D eigenvalue weighted by Crippen LogP contribution is -1.98. The minimum absolute atomic E-state index is 1.04. The summed E-state index contributed by atoms with van der Waals surface area (Å²) in [5.41, 5.74) is 0. The van der Waals surface area contributed by atoms with Crippen molar-refractivity contribution in [3.63, 3.8) is 0 Å². The van der Waals surface area contributed by atoms with Gasteiger partial charge in [0.15, 0.2) is 0 Å². The number of rotatable bonds is 6. The Bertz CT molecular complexity index is 92.2. The van der Waals surface area contributed by atoms with Gasteiger partial charge in [-0.1, -0.05) is 58.8 Å². The van der Waals surface area contributed by atoms with Crippen LogP contribution in [-0.4, -0.2) is 0 Å². The van der Waals surface area contributed by atoms with Gasteiger partial charge in [0.2, 0.25) is 0 Å². The predicted molar refractivity (Wildman–Crippen MR) is 50.6 cm³/mol. The summed E-state index contributed by atoms with van der Waals surface area (Å²) >= 11 is 0. The summed E-state index contributed by atoms with van der Waals surface area (Å²) < 4.78 is 0. The first-order valence-electron chi connectivity index (χ1n) is 5.36. The van der Waals surface area contributed by atoms with Gasteiger partial charge < -0.3 is 0 Å². The molecule has 1 atom stereocenters. The van der Waals surface area contributed by atoms with Crippen LogP contribution in [0.3, 0.4) is 0 Å². The van der Waals surface area contributed by atoms with Gasteiger partial charge >= 0.3 is 0 Å². The van der Waals surface area contributed by atoms with E-state index in [9.17, 15) is 0 Å². The highest BCUT2D eigenvalue weighted by Crippen LogP contribution is 2.35. The monoisotopic (exact) mass is 154 g/mol. The fourth-order valence-electron chi connectivity index (χ4n) is 1.84. The Kier molecular flexibility index (Phi) is 3.96. The van der Waals surface area contributed by atoms with Crippen LogP contribution < -0.4 is 0 Å². The Labute approximate surface area is 71.4 Å². The summed E-state index contributed by atoms with van der Waals surface area (Å²) in [5, 5.41) is 0. The highest BCUT2D eigenvalue weighted by Gasteiger charge is 2.21. The minimum Gasteiger partial charge on any atom is -0.0654 e. The molecule has 1 saturated carbocycles. The van der Waals surface area contributed by atoms with Crippen LogP contribution in [0.5, 0.6) is 0 Å². The zero-order valence-corrected chi connectivity index (χ0v) is 8.10. The predicted octanol–water partition coefficient (Wildman–Crippen LogP) is 4.00. The molecule has 0 amide bonds. The quantitative estimate of drug-likeness (QED) is 0.542. The lowest BCUT2D eigenvalue weighted by atomic mass is 9.94. The molecule has 0 heterocycles. The van der Waals surface area contributed by atoms with E-state index in [1.807, 2.05) is 0 Å². The third-order valence-electron chi connectivity index (χ3n) is 2.95. The van der Waals surface area contributed by atoms with Crippen molar-refractivity contribution in [1.29, 1.82) is 0 Å². The maximum Gasteiger partial charge on any atom is -0.0414 e. The Morgan fingerprint density at radius 1 is 1.18 bits per heavy atom. The van der Waals surface area contributed by atoms with Crippen LogP contribution in [0.25, 0.3) is 0 Å². The molecular weight excluding hydrogens is 132 g/mol. The van der Waals surface area contributed by atoms with Crippen LogP contribution in [0.15, 0.2) is 0 Å². The van der Waals surface area contributed by atoms with Gasteiger partial charge in [-0.3, -0.25) is 0 Å². The molecular formula is C11H22. The molecule has 0 radical (unpaired) electrons. The molecule has 1 fully saturated rings. The molecule has 0 heteroatoms. The van der Waals surface area contributed by atoms with Crippen molar-refractivity contribution < 1.29 is 0 Å². The van der Waals surface area contributed by atoms with E-state index in [-0.39, 0.29) is 0 Å². The van der Waals surface area contributed by atoms with Crippen molar-refractivity contribution in [2.75, 3.05) is 0 Å². The Balaban J connectivity index is 1.98. The van der Waals surface area contributed by atoms with Crippen molar-refractivity contribution in [2.24, 2.45) is 11.8 Å². The van der Waals surface area contributed by atoms with Crippen molar-refractivity contribution in [3.05, 3.63) is 0 Å². The molecule has 0 aromatic rings. The topological polar surface area (TPSA) is 0 Å². The van der Waals surface area contributed by atoms with Crippen molar-refractivity contribution in [2.45, 2.75) is 58.8 Å². The van der Waals surface area contributed by atoms with E-state index in [1.165, 1.54) is 44.9 Å². The zero-order valence-electron chi connectivity index (χ0n) is 8.10. The maximum absolute atomic E-state index is 2.34. The molecule has 0 saturated heterocycles. The van der Waals surface area contributed by atoms with Gasteiger partial charge in [0.25, 0.3) is 0 Å². The van der Waals surface area contributed by atoms with E-state index in [4.69, 9.17) is 0 Å². The summed E-state index contributed by atoms with van der Waals surface area (Å²) in [6.45, 7) is 4.65. The zero-order chi connectivity index (χ0) is 8.10. The summed E-state index contributed by atoms with van der Waals surface area (Å²) in [5.74, 6) is 2.18. The summed E-state index contributed by atoms with van der Waals surface area (Å²) in [7, 11) is 0. The van der Waals surface area contributed by atoms with Crippen LogP contribution in [-0.2, 0) is 0 Å². The molecule has 0 aromatic heterocycles. The lowest BCUT2D eigenvalue weighted by Gasteiger charge is -2.12. The molecule has 1 aliphatic carbocycles. The molecule has 1 rings (SSSR count). The number of hydrogen-bond donors (Lipinski definition) is 0. The fraction of sp³-hybridized carbons (Fsp3) is 1.00. The van der Waals surface area contributed by atoms with Gasteiger partial charge in [0.05, 0.1) is 0 Å². The number of hydrogen-bond acceptors (Lipinski definition) is 0. The Morgan fingerprint density at radius 3 is 2.36 bits per heavy atom. The minimum atomic E-state index is 1.04. The highest BCUT2D eigenvalue weighted by atomic mass is 14.3. The molecule has 0 N–H and O–H groups in total. The summed E-state index contributed by atoms with van der Waals surface area (Å²) in [6, 6.07) is 0. The van der Waals surface area contributed by atoms with E-state index in [1.54, 1.807) is 0 Å². The summed E-state index contributed by atoms with van der Waals surface area (Å²) in [6.07, 6.45) is 10.3. The first kappa shape index (κ1) is 9.09. The van der Waals surface area contributed by atoms with Crippen LogP contribution >= 0.6 is 0 Å². The van der Waals surface area contributed by atoms with Gasteiger partial charge in [-0.2, -0.15) is 0 Å². The molecule has 0 aromatic carbocycles. The first-order valence-corrected chi connectivity index (χ1v) is 5.36. The van der Waals surface area contributed by atoms with E-state index in [2.05, 4.69) is 13.8 Å². The Hall–Kier alpha value is 0. The van der Waals surface area contributed by atoms with Crippen molar-refractivity contribution in [1.82, 2.24) is 0 Å². The first-order chi connectivity index (χ1) is 5.36. The van der Waals surface area contributed by atoms with E-state index < -0.39 is 0 Å². The molecule has 1 unspecified atom stereocenters. The van der Waals surface area contributed by atoms with E-state index >= 15 is 0 Å². The van der Waals surface area contributed by atoms with Crippen LogP contribution in [0, 0.1) is 11.8 Å². The largest absolute Gasteiger partial charge is 0.0654 e. The average Bonchev–Trinajstić information content (AvgIpc) is 2.81. The normalized spacial score (nSPS) is 20.2. The van der Waals surface area contributed by atoms with Gasteiger partial charge in [-0.25, -0.2) is 0 Å². The molecule has 1 aliphatic rings. The average molecular weight is 154 g/mol. The standard InChI is InChI=1S/C11H22/c1-3-5-10(4-2)6-7-11-8-9-11/h10-11H,3-9H2,1-2H3. The molecule has 0 nitrogen and oxygen atoms in total. The maximum atomic E-state index is 2.34. The van der Waals surface area contributed by atoms with Gasteiger partial charge in [-0.05, 0) is 11.8 Å². The SMILES string of the molecule is CCCC(CC)CCC1CC1. The van der Waals surface area contributed by atoms with Crippen LogP contribution in [0.2, 0.25) is 0 Å². The molecule has 0 bridgehead atoms. The van der Waals surface area contributed by atoms with Crippen LogP contribution in [0.1, 0.15) is 58.8 Å². The summed E-state index contributed by atoms with van der Waals surface area (Å²) in [4.78, 5) is 0. The molecule has 0 aliphatic heterocycles. The third-order valence-corrected chi connectivity index (χ3v) is 2.95. The molecule has 66 valence electrons. The molecule has 0 spiro atoms. The van der Waals surface area contributed by atoms with E-state index in [0.29, 0.717) is 0 Å². The van der Waals surface area contributed by atoms with Gasteiger partial charge in [-0.15, -0.1) is 0 Å². The van der Waals surface area contributed by atoms with Crippen LogP contribution in [0.4, 0.5) is 0 Å². The second-order valence-corrected chi connectivity index (χ2v) is 4.08. The second-order valence-electron chi connectivity index (χ2n) is 4.08. The third kappa shape index (κ3) is 3.79. The van der Waals surface area contributed by atoms with Gasteiger partial charge in [0, 0.05) is 0 Å². The van der Waals surface area contributed by atoms with Crippen molar-refractivity contribution in [3.8, 4) is 0 Å². The van der Waals surface area contributed by atoms with E-state index in [0.717, 1.165) is 11.8 Å².